The van der Waals surface area contributed by atoms with Gasteiger partial charge in [0.15, 0.2) is 0 Å². The fourth-order valence-corrected chi connectivity index (χ4v) is 8.27. The number of likely N-dealkylation sites (N-methyl/N-ethyl adjacent to an activating group) is 1. The number of hydrogen-bond acceptors (Lipinski definition) is 5. The molecule has 0 bridgehead atoms. The van der Waals surface area contributed by atoms with E-state index in [0.717, 1.165) is 83.5 Å². The molecule has 0 aromatic carbocycles. The molecule has 9 heteroatoms. The summed E-state index contributed by atoms with van der Waals surface area (Å²) in [7, 11) is 1.57. The topological polar surface area (TPSA) is 105 Å². The first-order valence-corrected chi connectivity index (χ1v) is 29.1. The lowest BCUT2D eigenvalue weighted by molar-refractivity contribution is -0.870. The van der Waals surface area contributed by atoms with E-state index < -0.39 is 20.0 Å². The Kier molecular flexibility index (Phi) is 47.5. The fraction of sp³-hybridized carbons (Fsp3) is 0.712. The van der Waals surface area contributed by atoms with Gasteiger partial charge in [0.2, 0.25) is 5.91 Å². The van der Waals surface area contributed by atoms with E-state index >= 15 is 0 Å². The molecule has 3 atom stereocenters. The zero-order chi connectivity index (χ0) is 49.9. The number of carbonyl (C=O) groups excluding carboxylic acids is 1. The molecular weight excluding hydrogens is 864 g/mol. The van der Waals surface area contributed by atoms with Gasteiger partial charge in [0, 0.05) is 6.42 Å². The minimum absolute atomic E-state index is 0.0608. The van der Waals surface area contributed by atoms with Crippen LogP contribution in [0.5, 0.6) is 0 Å². The van der Waals surface area contributed by atoms with Crippen molar-refractivity contribution in [3.63, 3.8) is 0 Å². The summed E-state index contributed by atoms with van der Waals surface area (Å²) < 4.78 is 23.7. The number of aliphatic hydroxyl groups is 1. The van der Waals surface area contributed by atoms with Gasteiger partial charge in [-0.2, -0.15) is 0 Å². The van der Waals surface area contributed by atoms with Gasteiger partial charge >= 0.3 is 7.82 Å². The summed E-state index contributed by atoms with van der Waals surface area (Å²) in [5.74, 6) is -0.189. The molecule has 0 aromatic rings. The number of nitrogens with one attached hydrogen (secondary N) is 1. The molecule has 0 aliphatic heterocycles. The maximum absolute atomic E-state index is 13.0. The normalized spacial score (nSPS) is 14.8. The second-order valence-electron chi connectivity index (χ2n) is 19.6. The summed E-state index contributed by atoms with van der Waals surface area (Å²) in [5, 5.41) is 14.0. The van der Waals surface area contributed by atoms with Crippen molar-refractivity contribution in [2.75, 3.05) is 40.9 Å². The lowest BCUT2D eigenvalue weighted by Gasteiger charge is -2.26. The quantitative estimate of drug-likeness (QED) is 0.0243. The molecule has 0 fully saturated rings. The summed E-state index contributed by atoms with van der Waals surface area (Å²) >= 11 is 0. The number of quaternary nitrogens is 1. The second kappa shape index (κ2) is 49.4. The van der Waals surface area contributed by atoms with Crippen molar-refractivity contribution < 1.29 is 32.9 Å². The number of aliphatic hydroxyl groups excluding tert-OH is 1. The van der Waals surface area contributed by atoms with Crippen LogP contribution in [0.1, 0.15) is 219 Å². The highest BCUT2D eigenvalue weighted by atomic mass is 31.2. The van der Waals surface area contributed by atoms with Crippen molar-refractivity contribution in [3.05, 3.63) is 97.2 Å². The molecule has 1 amide bonds. The number of amides is 1. The highest BCUT2D eigenvalue weighted by molar-refractivity contribution is 7.47. The van der Waals surface area contributed by atoms with Crippen LogP contribution in [0, 0.1) is 0 Å². The van der Waals surface area contributed by atoms with Crippen LogP contribution >= 0.6 is 7.82 Å². The monoisotopic (exact) mass is 970 g/mol. The Morgan fingerprint density at radius 1 is 0.515 bits per heavy atom. The molecule has 0 saturated carbocycles. The van der Waals surface area contributed by atoms with E-state index in [-0.39, 0.29) is 19.1 Å². The number of unbranched alkanes of at least 4 members (excludes halogenated alkanes) is 20. The van der Waals surface area contributed by atoms with Crippen LogP contribution in [0.3, 0.4) is 0 Å². The molecular formula is C59H106N2O6P+. The first-order valence-electron chi connectivity index (χ1n) is 27.6. The summed E-state index contributed by atoms with van der Waals surface area (Å²) in [6.07, 6.45) is 70.3. The molecule has 0 aliphatic rings. The van der Waals surface area contributed by atoms with E-state index in [2.05, 4.69) is 116 Å². The number of nitrogens with zero attached hydrogens (tertiary/aromatic N) is 1. The van der Waals surface area contributed by atoms with Gasteiger partial charge in [0.05, 0.1) is 39.9 Å². The van der Waals surface area contributed by atoms with Gasteiger partial charge in [-0.25, -0.2) is 4.57 Å². The summed E-state index contributed by atoms with van der Waals surface area (Å²) in [4.78, 5) is 23.3. The van der Waals surface area contributed by atoms with Crippen LogP contribution in [0.4, 0.5) is 0 Å². The van der Waals surface area contributed by atoms with Crippen LogP contribution in [-0.2, 0) is 18.4 Å². The molecule has 68 heavy (non-hydrogen) atoms. The van der Waals surface area contributed by atoms with Gasteiger partial charge in [-0.15, -0.1) is 0 Å². The molecule has 0 saturated heterocycles. The molecule has 0 rings (SSSR count). The van der Waals surface area contributed by atoms with Crippen molar-refractivity contribution in [2.24, 2.45) is 0 Å². The molecule has 0 heterocycles. The smallest absolute Gasteiger partial charge is 0.391 e. The Hall–Kier alpha value is -2.58. The third-order valence-electron chi connectivity index (χ3n) is 11.8. The predicted molar refractivity (Wildman–Crippen MR) is 295 cm³/mol. The summed E-state index contributed by atoms with van der Waals surface area (Å²) in [5.41, 5.74) is 0. The van der Waals surface area contributed by atoms with Gasteiger partial charge in [0.1, 0.15) is 13.2 Å². The zero-order valence-electron chi connectivity index (χ0n) is 44.6. The number of hydrogen-bond donors (Lipinski definition) is 3. The molecule has 0 aliphatic carbocycles. The number of carbonyl (C=O) groups is 1. The Balaban J connectivity index is 4.34. The summed E-state index contributed by atoms with van der Waals surface area (Å²) in [6, 6.07) is -0.792. The number of phosphoric acid groups is 1. The Bertz CT molecular complexity index is 1420. The zero-order valence-corrected chi connectivity index (χ0v) is 45.5. The van der Waals surface area contributed by atoms with E-state index in [1.165, 1.54) is 103 Å². The number of rotatable bonds is 49. The van der Waals surface area contributed by atoms with Crippen molar-refractivity contribution in [2.45, 2.75) is 231 Å². The van der Waals surface area contributed by atoms with Crippen LogP contribution in [0.25, 0.3) is 0 Å². The minimum atomic E-state index is -4.34. The minimum Gasteiger partial charge on any atom is -0.391 e. The SMILES string of the molecule is CC/C=C\C/C=C\C/C=C\C/C=C\C/C=C\C/C=C\C/C=C\C/C=C\CCCCC(=O)NC(COP(=O)(O)OCC[N+](C)(C)C)C(O)CCCCCCCCCCCCCCCCCCCCC. The van der Waals surface area contributed by atoms with Crippen LogP contribution in [0.2, 0.25) is 0 Å². The number of phosphoric ester groups is 1. The molecule has 0 radical (unpaired) electrons. The average molecular weight is 970 g/mol. The maximum Gasteiger partial charge on any atom is 0.472 e. The predicted octanol–water partition coefficient (Wildman–Crippen LogP) is 16.6. The van der Waals surface area contributed by atoms with Crippen molar-refractivity contribution in [1.82, 2.24) is 5.32 Å². The second-order valence-corrected chi connectivity index (χ2v) is 21.0. The highest BCUT2D eigenvalue weighted by Gasteiger charge is 2.28. The fourth-order valence-electron chi connectivity index (χ4n) is 7.53. The third kappa shape index (κ3) is 51.3. The lowest BCUT2D eigenvalue weighted by Crippen LogP contribution is -2.46. The molecule has 3 unspecified atom stereocenters. The Labute approximate surface area is 419 Å². The Morgan fingerprint density at radius 2 is 0.882 bits per heavy atom. The van der Waals surface area contributed by atoms with Gasteiger partial charge < -0.3 is 19.8 Å². The number of allylic oxidation sites excluding steroid dienone is 16. The van der Waals surface area contributed by atoms with Gasteiger partial charge in [-0.1, -0.05) is 233 Å². The van der Waals surface area contributed by atoms with Crippen LogP contribution < -0.4 is 5.32 Å². The molecule has 0 spiro atoms. The molecule has 392 valence electrons. The lowest BCUT2D eigenvalue weighted by atomic mass is 10.0. The summed E-state index contributed by atoms with van der Waals surface area (Å²) in [6.45, 7) is 4.74. The standard InChI is InChI=1S/C59H105N2O6P/c1-6-8-10-12-14-16-18-20-22-24-26-27-28-29-30-31-32-33-35-37-39-41-43-45-47-49-51-53-59(63)60-57(56-67-68(64,65)66-55-54-61(3,4)5)58(62)52-50-48-46-44-42-40-38-36-34-25-23-21-19-17-15-13-11-9-7-2/h8,10,14,16,20,22,26-27,29-30,32-33,37,39,43,45,57-58,62H,6-7,9,11-13,15,17-19,21,23-25,28,31,34-36,38,40-42,44,46-56H2,1-5H3,(H-,60,63,64,65)/p+1/b10-8-,16-14-,22-20-,27-26-,30-29-,33-32-,39-37-,45-43-. The first-order chi connectivity index (χ1) is 33.0. The Morgan fingerprint density at radius 3 is 1.26 bits per heavy atom. The van der Waals surface area contributed by atoms with Crippen molar-refractivity contribution >= 4 is 13.7 Å². The third-order valence-corrected chi connectivity index (χ3v) is 12.8. The van der Waals surface area contributed by atoms with E-state index in [0.29, 0.717) is 30.3 Å². The van der Waals surface area contributed by atoms with Crippen molar-refractivity contribution in [1.29, 1.82) is 0 Å². The average Bonchev–Trinajstić information content (AvgIpc) is 3.30. The van der Waals surface area contributed by atoms with E-state index in [9.17, 15) is 19.4 Å². The van der Waals surface area contributed by atoms with E-state index in [1.54, 1.807) is 0 Å². The molecule has 8 nitrogen and oxygen atoms in total. The maximum atomic E-state index is 13.0. The first kappa shape index (κ1) is 65.4. The van der Waals surface area contributed by atoms with Crippen LogP contribution in [0.15, 0.2) is 97.2 Å². The van der Waals surface area contributed by atoms with Gasteiger partial charge in [-0.05, 0) is 77.0 Å². The van der Waals surface area contributed by atoms with Gasteiger partial charge in [0.25, 0.3) is 0 Å². The molecule has 3 N–H and O–H groups in total. The molecule has 0 aromatic heterocycles. The van der Waals surface area contributed by atoms with Crippen LogP contribution in [-0.4, -0.2) is 73.4 Å². The largest absolute Gasteiger partial charge is 0.472 e. The van der Waals surface area contributed by atoms with Gasteiger partial charge in [-0.3, -0.25) is 13.8 Å². The van der Waals surface area contributed by atoms with E-state index in [4.69, 9.17) is 9.05 Å². The highest BCUT2D eigenvalue weighted by Crippen LogP contribution is 2.43. The van der Waals surface area contributed by atoms with E-state index in [1.807, 2.05) is 21.1 Å². The van der Waals surface area contributed by atoms with Crippen molar-refractivity contribution in [3.8, 4) is 0 Å².